The van der Waals surface area contributed by atoms with Crippen LogP contribution in [-0.4, -0.2) is 30.6 Å². The zero-order valence-corrected chi connectivity index (χ0v) is 15.8. The van der Waals surface area contributed by atoms with Gasteiger partial charge in [-0.1, -0.05) is 11.6 Å². The molecule has 146 valence electrons. The largest absolute Gasteiger partial charge is 0.371 e. The summed E-state index contributed by atoms with van der Waals surface area (Å²) in [5, 5.41) is -0.00481. The van der Waals surface area contributed by atoms with E-state index in [-0.39, 0.29) is 23.1 Å². The molecule has 0 amide bonds. The third-order valence-electron chi connectivity index (χ3n) is 5.17. The molecular weight excluding hydrogens is 378 g/mol. The summed E-state index contributed by atoms with van der Waals surface area (Å²) in [4.78, 5) is 37.3. The highest BCUT2D eigenvalue weighted by atomic mass is 35.5. The number of fused-ring (bicyclic) bond motifs is 1. The van der Waals surface area contributed by atoms with E-state index >= 15 is 0 Å². The summed E-state index contributed by atoms with van der Waals surface area (Å²) < 4.78 is 32.7. The van der Waals surface area contributed by atoms with Crippen molar-refractivity contribution >= 4 is 29.0 Å². The summed E-state index contributed by atoms with van der Waals surface area (Å²) in [5.41, 5.74) is 0.498. The molecule has 2 aliphatic rings. The number of alkyl halides is 1. The molecule has 1 saturated carbocycles. The minimum atomic E-state index is -1.46. The summed E-state index contributed by atoms with van der Waals surface area (Å²) in [7, 11) is 0. The van der Waals surface area contributed by atoms with Crippen LogP contribution >= 0.6 is 11.6 Å². The van der Waals surface area contributed by atoms with E-state index in [0.29, 0.717) is 43.2 Å². The van der Waals surface area contributed by atoms with Gasteiger partial charge in [0.05, 0.1) is 17.7 Å². The second-order valence-electron chi connectivity index (χ2n) is 7.14. The average Bonchev–Trinajstić information content (AvgIpc) is 3.47. The van der Waals surface area contributed by atoms with Gasteiger partial charge in [-0.05, 0) is 50.7 Å². The Labute approximate surface area is 161 Å². The number of Topliss-reactive ketones (excluding diaryl/α,β-unsaturated/α-hetero) is 3. The summed E-state index contributed by atoms with van der Waals surface area (Å²) in [6.45, 7) is 0.335. The van der Waals surface area contributed by atoms with E-state index in [4.69, 9.17) is 16.3 Å². The summed E-state index contributed by atoms with van der Waals surface area (Å²) in [5.74, 6) is -4.14. The monoisotopic (exact) mass is 398 g/mol. The van der Waals surface area contributed by atoms with Gasteiger partial charge in [0.2, 0.25) is 0 Å². The highest BCUT2D eigenvalue weighted by Gasteiger charge is 2.42. The lowest BCUT2D eigenvalue weighted by Gasteiger charge is -2.28. The van der Waals surface area contributed by atoms with E-state index in [9.17, 15) is 23.2 Å². The van der Waals surface area contributed by atoms with Crippen molar-refractivity contribution in [2.24, 2.45) is 11.8 Å². The first-order chi connectivity index (χ1) is 12.9. The Morgan fingerprint density at radius 2 is 2.00 bits per heavy atom. The van der Waals surface area contributed by atoms with Crippen molar-refractivity contribution in [2.45, 2.75) is 45.1 Å². The van der Waals surface area contributed by atoms with E-state index in [2.05, 4.69) is 0 Å². The van der Waals surface area contributed by atoms with Gasteiger partial charge in [0.15, 0.2) is 11.6 Å². The topological polar surface area (TPSA) is 60.4 Å². The predicted octanol–water partition coefficient (Wildman–Crippen LogP) is 4.21. The highest BCUT2D eigenvalue weighted by molar-refractivity contribution is 6.37. The molecule has 0 N–H and O–H groups in total. The first-order valence-corrected chi connectivity index (χ1v) is 9.51. The molecule has 0 spiro atoms. The van der Waals surface area contributed by atoms with Crippen LogP contribution in [0.15, 0.2) is 6.07 Å². The molecule has 0 heterocycles. The van der Waals surface area contributed by atoms with Gasteiger partial charge >= 0.3 is 0 Å². The number of carbonyl (C=O) groups excluding carboxylic acids is 3. The number of carbonyl (C=O) groups is 3. The van der Waals surface area contributed by atoms with Crippen molar-refractivity contribution < 1.29 is 27.9 Å². The predicted molar refractivity (Wildman–Crippen MR) is 95.2 cm³/mol. The Morgan fingerprint density at radius 1 is 1.30 bits per heavy atom. The summed E-state index contributed by atoms with van der Waals surface area (Å²) in [6.07, 6.45) is 2.31. The van der Waals surface area contributed by atoms with E-state index < -0.39 is 41.9 Å². The van der Waals surface area contributed by atoms with Gasteiger partial charge in [0.1, 0.15) is 24.2 Å². The van der Waals surface area contributed by atoms with Crippen molar-refractivity contribution in [1.29, 1.82) is 0 Å². The lowest BCUT2D eigenvalue weighted by Crippen LogP contribution is -2.32. The number of benzene rings is 1. The number of ketones is 3. The number of rotatable bonds is 8. The molecule has 0 radical (unpaired) electrons. The molecule has 2 atom stereocenters. The Balaban J connectivity index is 2.03. The molecule has 0 aliphatic heterocycles. The van der Waals surface area contributed by atoms with Crippen molar-refractivity contribution in [3.63, 3.8) is 0 Å². The van der Waals surface area contributed by atoms with Crippen molar-refractivity contribution in [2.75, 3.05) is 13.3 Å². The summed E-state index contributed by atoms with van der Waals surface area (Å²) in [6, 6.07) is 1.01. The first-order valence-electron chi connectivity index (χ1n) is 9.13. The van der Waals surface area contributed by atoms with Crippen molar-refractivity contribution in [3.05, 3.63) is 33.6 Å². The molecule has 2 aliphatic carbocycles. The van der Waals surface area contributed by atoms with Crippen LogP contribution in [0.3, 0.4) is 0 Å². The number of hydrogen-bond donors (Lipinski definition) is 0. The quantitative estimate of drug-likeness (QED) is 0.486. The van der Waals surface area contributed by atoms with Crippen LogP contribution in [0.2, 0.25) is 5.02 Å². The Hall–Kier alpha value is -1.66. The van der Waals surface area contributed by atoms with E-state index in [1.54, 1.807) is 0 Å². The zero-order chi connectivity index (χ0) is 19.7. The molecule has 2 unspecified atom stereocenters. The number of hydrogen-bond acceptors (Lipinski definition) is 4. The normalized spacial score (nSPS) is 20.1. The molecular formula is C20H21ClF2O4. The smallest absolute Gasteiger partial charge is 0.182 e. The lowest BCUT2D eigenvalue weighted by molar-refractivity contribution is -0.130. The third kappa shape index (κ3) is 3.97. The molecule has 0 saturated heterocycles. The average molecular weight is 399 g/mol. The number of ether oxygens (including phenoxy) is 1. The maximum atomic E-state index is 14.7. The van der Waals surface area contributed by atoms with Crippen LogP contribution in [0.1, 0.15) is 60.2 Å². The molecule has 1 aromatic carbocycles. The van der Waals surface area contributed by atoms with Crippen LogP contribution < -0.4 is 0 Å². The van der Waals surface area contributed by atoms with Gasteiger partial charge in [-0.3, -0.25) is 14.4 Å². The van der Waals surface area contributed by atoms with Gasteiger partial charge < -0.3 is 4.74 Å². The zero-order valence-electron chi connectivity index (χ0n) is 15.0. The molecule has 0 bridgehead atoms. The maximum absolute atomic E-state index is 14.7. The second-order valence-corrected chi connectivity index (χ2v) is 7.52. The fraction of sp³-hybridized carbons (Fsp3) is 0.550. The van der Waals surface area contributed by atoms with Gasteiger partial charge in [-0.2, -0.15) is 0 Å². The molecule has 3 rings (SSSR count). The Morgan fingerprint density at radius 3 is 2.59 bits per heavy atom. The van der Waals surface area contributed by atoms with Crippen LogP contribution in [-0.2, 0) is 20.7 Å². The fourth-order valence-corrected chi connectivity index (χ4v) is 4.07. The molecule has 4 nitrogen and oxygen atoms in total. The van der Waals surface area contributed by atoms with E-state index in [1.807, 2.05) is 0 Å². The second kappa shape index (κ2) is 8.15. The molecule has 7 heteroatoms. The van der Waals surface area contributed by atoms with Crippen LogP contribution in [0.5, 0.6) is 0 Å². The standard InChI is InChI=1S/C20H21ClF2O4/c1-10(24)16(19(25)11-5-6-11)20(26)13-9-14(23)12-3-2-4-15(27-8-7-22)17(12)18(13)21/h9,11,15-16H,2-8H2,1H3. The summed E-state index contributed by atoms with van der Waals surface area (Å²) >= 11 is 6.43. The maximum Gasteiger partial charge on any atom is 0.182 e. The fourth-order valence-electron chi connectivity index (χ4n) is 3.69. The van der Waals surface area contributed by atoms with Crippen LogP contribution in [0, 0.1) is 17.7 Å². The SMILES string of the molecule is CC(=O)C(C(=O)c1cc(F)c2c(c1Cl)C(OCCF)CCC2)C(=O)C1CC1. The minimum Gasteiger partial charge on any atom is -0.371 e. The van der Waals surface area contributed by atoms with Crippen molar-refractivity contribution in [3.8, 4) is 0 Å². The number of halogens is 3. The minimum absolute atomic E-state index is 0.00481. The van der Waals surface area contributed by atoms with Crippen molar-refractivity contribution in [1.82, 2.24) is 0 Å². The van der Waals surface area contributed by atoms with Crippen LogP contribution in [0.25, 0.3) is 0 Å². The lowest BCUT2D eigenvalue weighted by atomic mass is 9.83. The van der Waals surface area contributed by atoms with Gasteiger partial charge in [0.25, 0.3) is 0 Å². The molecule has 0 aromatic heterocycles. The molecule has 1 fully saturated rings. The third-order valence-corrected chi connectivity index (χ3v) is 5.57. The highest BCUT2D eigenvalue weighted by Crippen LogP contribution is 2.41. The molecule has 1 aromatic rings. The van der Waals surface area contributed by atoms with Crippen LogP contribution in [0.4, 0.5) is 8.78 Å². The molecule has 27 heavy (non-hydrogen) atoms. The van der Waals surface area contributed by atoms with Gasteiger partial charge in [0, 0.05) is 17.0 Å². The van der Waals surface area contributed by atoms with E-state index in [0.717, 1.165) is 6.07 Å². The van der Waals surface area contributed by atoms with Gasteiger partial charge in [-0.25, -0.2) is 8.78 Å². The van der Waals surface area contributed by atoms with E-state index in [1.165, 1.54) is 6.92 Å². The first kappa shape index (κ1) is 20.1. The Kier molecular flexibility index (Phi) is 6.06. The Bertz CT molecular complexity index is 789. The van der Waals surface area contributed by atoms with Gasteiger partial charge in [-0.15, -0.1) is 0 Å².